The molecule has 2 rings (SSSR count). The van der Waals surface area contributed by atoms with Crippen LogP contribution in [0.2, 0.25) is 0 Å². The molecule has 3 atom stereocenters. The fraction of sp³-hybridized carbons (Fsp3) is 0.562. The third-order valence-electron chi connectivity index (χ3n) is 3.94. The van der Waals surface area contributed by atoms with E-state index in [1.165, 1.54) is 5.56 Å². The SMILES string of the molecule is CCCC(NC(=O)C1CCC(N)C1)c1ccccc1. The molecule has 0 aliphatic heterocycles. The average molecular weight is 260 g/mol. The summed E-state index contributed by atoms with van der Waals surface area (Å²) in [6.45, 7) is 2.15. The topological polar surface area (TPSA) is 55.1 Å². The predicted molar refractivity (Wildman–Crippen MR) is 77.6 cm³/mol. The van der Waals surface area contributed by atoms with Gasteiger partial charge in [-0.25, -0.2) is 0 Å². The molecule has 3 heteroatoms. The van der Waals surface area contributed by atoms with Crippen molar-refractivity contribution in [2.24, 2.45) is 11.7 Å². The van der Waals surface area contributed by atoms with Gasteiger partial charge in [0, 0.05) is 12.0 Å². The summed E-state index contributed by atoms with van der Waals surface area (Å²) in [6, 6.07) is 10.6. The lowest BCUT2D eigenvalue weighted by Gasteiger charge is -2.21. The van der Waals surface area contributed by atoms with Gasteiger partial charge in [0.25, 0.3) is 0 Å². The summed E-state index contributed by atoms with van der Waals surface area (Å²) in [4.78, 5) is 12.3. The molecule has 1 aromatic rings. The Morgan fingerprint density at radius 2 is 2.11 bits per heavy atom. The van der Waals surface area contributed by atoms with Gasteiger partial charge in [-0.3, -0.25) is 4.79 Å². The van der Waals surface area contributed by atoms with Crippen LogP contribution >= 0.6 is 0 Å². The van der Waals surface area contributed by atoms with Gasteiger partial charge in [0.1, 0.15) is 0 Å². The van der Waals surface area contributed by atoms with Crippen LogP contribution < -0.4 is 11.1 Å². The monoisotopic (exact) mass is 260 g/mol. The van der Waals surface area contributed by atoms with Crippen LogP contribution in [-0.4, -0.2) is 11.9 Å². The number of rotatable bonds is 5. The van der Waals surface area contributed by atoms with Crippen LogP contribution in [0.15, 0.2) is 30.3 Å². The van der Waals surface area contributed by atoms with E-state index in [0.717, 1.165) is 32.1 Å². The van der Waals surface area contributed by atoms with Crippen molar-refractivity contribution in [1.82, 2.24) is 5.32 Å². The predicted octanol–water partition coefficient (Wildman–Crippen LogP) is 2.77. The van der Waals surface area contributed by atoms with E-state index in [0.29, 0.717) is 0 Å². The van der Waals surface area contributed by atoms with Crippen molar-refractivity contribution in [2.75, 3.05) is 0 Å². The van der Waals surface area contributed by atoms with Gasteiger partial charge in [-0.15, -0.1) is 0 Å². The van der Waals surface area contributed by atoms with Gasteiger partial charge in [0.05, 0.1) is 6.04 Å². The highest BCUT2D eigenvalue weighted by Crippen LogP contribution is 2.26. The van der Waals surface area contributed by atoms with Crippen LogP contribution in [0.4, 0.5) is 0 Å². The number of carbonyl (C=O) groups is 1. The van der Waals surface area contributed by atoms with Crippen LogP contribution in [0.1, 0.15) is 50.6 Å². The van der Waals surface area contributed by atoms with Crippen LogP contribution in [-0.2, 0) is 4.79 Å². The second kappa shape index (κ2) is 6.71. The van der Waals surface area contributed by atoms with Crippen LogP contribution in [0.5, 0.6) is 0 Å². The molecular weight excluding hydrogens is 236 g/mol. The average Bonchev–Trinajstić information content (AvgIpc) is 2.86. The maximum absolute atomic E-state index is 12.3. The third-order valence-corrected chi connectivity index (χ3v) is 3.94. The molecule has 0 spiro atoms. The number of carbonyl (C=O) groups excluding carboxylic acids is 1. The Labute approximate surface area is 115 Å². The van der Waals surface area contributed by atoms with Gasteiger partial charge >= 0.3 is 0 Å². The zero-order valence-electron chi connectivity index (χ0n) is 11.6. The number of hydrogen-bond donors (Lipinski definition) is 2. The number of benzene rings is 1. The van der Waals surface area contributed by atoms with Gasteiger partial charge in [0.2, 0.25) is 5.91 Å². The van der Waals surface area contributed by atoms with E-state index >= 15 is 0 Å². The Balaban J connectivity index is 1.99. The number of amides is 1. The highest BCUT2D eigenvalue weighted by molar-refractivity contribution is 5.79. The van der Waals surface area contributed by atoms with E-state index in [4.69, 9.17) is 5.73 Å². The Hall–Kier alpha value is -1.35. The highest BCUT2D eigenvalue weighted by atomic mass is 16.1. The van der Waals surface area contributed by atoms with Gasteiger partial charge in [-0.1, -0.05) is 43.7 Å². The molecule has 0 heterocycles. The first-order valence-electron chi connectivity index (χ1n) is 7.31. The molecule has 19 heavy (non-hydrogen) atoms. The summed E-state index contributed by atoms with van der Waals surface area (Å²) in [7, 11) is 0. The fourth-order valence-corrected chi connectivity index (χ4v) is 2.84. The smallest absolute Gasteiger partial charge is 0.223 e. The molecule has 3 nitrogen and oxygen atoms in total. The molecule has 3 unspecified atom stereocenters. The van der Waals surface area contributed by atoms with Crippen molar-refractivity contribution in [3.05, 3.63) is 35.9 Å². The lowest BCUT2D eigenvalue weighted by molar-refractivity contribution is -0.125. The molecule has 0 saturated heterocycles. The summed E-state index contributed by atoms with van der Waals surface area (Å²) < 4.78 is 0. The normalized spacial score (nSPS) is 24.1. The van der Waals surface area contributed by atoms with Crippen molar-refractivity contribution in [1.29, 1.82) is 0 Å². The zero-order valence-corrected chi connectivity index (χ0v) is 11.6. The van der Waals surface area contributed by atoms with E-state index < -0.39 is 0 Å². The minimum Gasteiger partial charge on any atom is -0.349 e. The second-order valence-electron chi connectivity index (χ2n) is 5.53. The summed E-state index contributed by atoms with van der Waals surface area (Å²) in [5.74, 6) is 0.285. The molecule has 0 radical (unpaired) electrons. The molecule has 0 bridgehead atoms. The molecule has 1 amide bonds. The first-order chi connectivity index (χ1) is 9.20. The molecule has 0 aromatic heterocycles. The fourth-order valence-electron chi connectivity index (χ4n) is 2.84. The summed E-state index contributed by atoms with van der Waals surface area (Å²) in [5.41, 5.74) is 7.08. The minimum atomic E-state index is 0.109. The van der Waals surface area contributed by atoms with Crippen LogP contribution in [0, 0.1) is 5.92 Å². The van der Waals surface area contributed by atoms with Gasteiger partial charge < -0.3 is 11.1 Å². The third kappa shape index (κ3) is 3.80. The van der Waals surface area contributed by atoms with Crippen molar-refractivity contribution >= 4 is 5.91 Å². The molecule has 1 aromatic carbocycles. The maximum atomic E-state index is 12.3. The Morgan fingerprint density at radius 1 is 1.37 bits per heavy atom. The van der Waals surface area contributed by atoms with Crippen molar-refractivity contribution in [2.45, 2.75) is 51.1 Å². The summed E-state index contributed by atoms with van der Waals surface area (Å²) in [6.07, 6.45) is 4.78. The molecule has 1 saturated carbocycles. The van der Waals surface area contributed by atoms with E-state index in [9.17, 15) is 4.79 Å². The van der Waals surface area contributed by atoms with Crippen molar-refractivity contribution in [3.8, 4) is 0 Å². The molecule has 104 valence electrons. The number of nitrogens with one attached hydrogen (secondary N) is 1. The van der Waals surface area contributed by atoms with E-state index in [-0.39, 0.29) is 23.9 Å². The van der Waals surface area contributed by atoms with Crippen molar-refractivity contribution < 1.29 is 4.79 Å². The van der Waals surface area contributed by atoms with Crippen LogP contribution in [0.3, 0.4) is 0 Å². The largest absolute Gasteiger partial charge is 0.349 e. The molecule has 1 fully saturated rings. The van der Waals surface area contributed by atoms with Gasteiger partial charge in [0.15, 0.2) is 0 Å². The summed E-state index contributed by atoms with van der Waals surface area (Å²) in [5, 5.41) is 3.20. The molecular formula is C16H24N2O. The highest BCUT2D eigenvalue weighted by Gasteiger charge is 2.29. The number of hydrogen-bond acceptors (Lipinski definition) is 2. The first kappa shape index (κ1) is 14.1. The van der Waals surface area contributed by atoms with E-state index in [1.54, 1.807) is 0 Å². The maximum Gasteiger partial charge on any atom is 0.223 e. The van der Waals surface area contributed by atoms with Gasteiger partial charge in [-0.05, 0) is 31.2 Å². The zero-order chi connectivity index (χ0) is 13.7. The Bertz CT molecular complexity index is 404. The number of nitrogens with two attached hydrogens (primary N) is 1. The minimum absolute atomic E-state index is 0.109. The standard InChI is InChI=1S/C16H24N2O/c1-2-6-15(12-7-4-3-5-8-12)18-16(19)13-9-10-14(17)11-13/h3-5,7-8,13-15H,2,6,9-11,17H2,1H3,(H,18,19). The van der Waals surface area contributed by atoms with E-state index in [1.807, 2.05) is 18.2 Å². The van der Waals surface area contributed by atoms with Crippen molar-refractivity contribution in [3.63, 3.8) is 0 Å². The van der Waals surface area contributed by atoms with Crippen LogP contribution in [0.25, 0.3) is 0 Å². The second-order valence-corrected chi connectivity index (χ2v) is 5.53. The molecule has 1 aliphatic carbocycles. The molecule has 1 aliphatic rings. The lowest BCUT2D eigenvalue weighted by Crippen LogP contribution is -2.33. The van der Waals surface area contributed by atoms with Gasteiger partial charge in [-0.2, -0.15) is 0 Å². The first-order valence-corrected chi connectivity index (χ1v) is 7.31. The Morgan fingerprint density at radius 3 is 2.68 bits per heavy atom. The lowest BCUT2D eigenvalue weighted by atomic mass is 10.0. The quantitative estimate of drug-likeness (QED) is 0.855. The molecule has 3 N–H and O–H groups in total. The van der Waals surface area contributed by atoms with E-state index in [2.05, 4.69) is 24.4 Å². The summed E-state index contributed by atoms with van der Waals surface area (Å²) >= 11 is 0. The Kier molecular flexibility index (Phi) is 4.97.